The molecule has 150 heavy (non-hydrogen) atoms. The summed E-state index contributed by atoms with van der Waals surface area (Å²) in [6, 6.07) is 46.6. The number of nitrogens with one attached hydrogen (secondary N) is 5. The Bertz CT molecular complexity index is 7540. The van der Waals surface area contributed by atoms with Crippen LogP contribution in [0.15, 0.2) is 226 Å². The van der Waals surface area contributed by atoms with E-state index in [0.29, 0.717) is 164 Å². The fourth-order valence-corrected chi connectivity index (χ4v) is 21.3. The molecule has 5 fully saturated rings. The second-order valence-electron chi connectivity index (χ2n) is 38.3. The number of Topliss-reactive ketones (excluding diaryl/α,β-unsaturated/α-hetero) is 1. The van der Waals surface area contributed by atoms with E-state index in [1.807, 2.05) is 97.4 Å². The van der Waals surface area contributed by atoms with Crippen molar-refractivity contribution in [2.75, 3.05) is 137 Å². The summed E-state index contributed by atoms with van der Waals surface area (Å²) in [5.74, 6) is 1.88. The number of benzene rings is 6. The van der Waals surface area contributed by atoms with Crippen LogP contribution in [-0.4, -0.2) is 289 Å². The molecule has 22 rings (SSSR count). The van der Waals surface area contributed by atoms with Crippen molar-refractivity contribution in [1.29, 1.82) is 0 Å². The van der Waals surface area contributed by atoms with Gasteiger partial charge in [0.15, 0.2) is 34.5 Å². The van der Waals surface area contributed by atoms with Gasteiger partial charge in [-0.15, -0.1) is 11.3 Å². The number of H-pyrrole nitrogens is 3. The molecule has 5 amide bonds. The lowest BCUT2D eigenvalue weighted by atomic mass is 9.85. The maximum Gasteiger partial charge on any atom is 0.280 e. The Hall–Kier alpha value is -15.4. The van der Waals surface area contributed by atoms with Gasteiger partial charge in [0, 0.05) is 242 Å². The van der Waals surface area contributed by atoms with Crippen molar-refractivity contribution in [3.8, 4) is 73.0 Å². The molecule has 15 heterocycles. The number of aliphatic hydroxyl groups excluding tert-OH is 1. The SMILES string of the molecule is C.CO[C@@]1(C(=O)Cc2ccc3[nH]nc(-c4ccc(F)c(CO)c4)c3c2)CCN(CC(=O)N2CC=C(c3ncc(-c4ncccn4)s3)CC2)C1.CO[C@@]1(C(=O)Nc2ccc3[nH]nc(-c4ccnc(C(F)F)c4)c3c2)CCN(CC(=O)N2CCC(F)(c3ccc(-c4ncccn4)cc3)CC2)C1.COc1cc(C2=CCN(C(=O)CN3CC[C@@](OC)(C(=O)Nc4ccc5[nH]nc(-c6ccnc(C7CC7)c6)c5c4)C3)CC2)ccc1-c1ncccn1. The summed E-state index contributed by atoms with van der Waals surface area (Å²) in [6.07, 6.45) is 22.2. The number of carbonyl (C=O) groups excluding carboxylic acids is 6. The summed E-state index contributed by atoms with van der Waals surface area (Å²) >= 11 is 1.55. The van der Waals surface area contributed by atoms with Gasteiger partial charge in [-0.2, -0.15) is 15.3 Å². The van der Waals surface area contributed by atoms with Gasteiger partial charge in [0.05, 0.1) is 66.0 Å². The first-order valence-electron chi connectivity index (χ1n) is 49.4. The van der Waals surface area contributed by atoms with Gasteiger partial charge in [-0.05, 0) is 194 Å². The molecule has 3 atom stereocenters. The quantitative estimate of drug-likeness (QED) is 0.0237. The topological polar surface area (TPSA) is 405 Å². The highest BCUT2D eigenvalue weighted by molar-refractivity contribution is 7.16. The molecule has 7 aliphatic rings. The average molecular weight is 2050 g/mol. The minimum Gasteiger partial charge on any atom is -0.496 e. The van der Waals surface area contributed by atoms with Crippen LogP contribution in [0.1, 0.15) is 116 Å². The van der Waals surface area contributed by atoms with Crippen LogP contribution in [0.2, 0.25) is 0 Å². The Morgan fingerprint density at radius 1 is 0.487 bits per heavy atom. The summed E-state index contributed by atoms with van der Waals surface area (Å²) in [5, 5.41) is 41.1. The fourth-order valence-electron chi connectivity index (χ4n) is 20.3. The smallest absolute Gasteiger partial charge is 0.280 e. The van der Waals surface area contributed by atoms with Crippen molar-refractivity contribution in [2.45, 2.75) is 113 Å². The van der Waals surface area contributed by atoms with Crippen LogP contribution < -0.4 is 15.4 Å². The number of fused-ring (bicyclic) bond motifs is 3. The molecule has 1 saturated carbocycles. The van der Waals surface area contributed by atoms with Crippen LogP contribution in [0.4, 0.5) is 28.9 Å². The van der Waals surface area contributed by atoms with Crippen molar-refractivity contribution in [3.05, 3.63) is 270 Å². The number of amides is 5. The fraction of sp³-hybridized carbons (Fsp3) is 0.333. The van der Waals surface area contributed by atoms with Crippen molar-refractivity contribution in [1.82, 2.24) is 105 Å². The summed E-state index contributed by atoms with van der Waals surface area (Å²) in [4.78, 5) is 132. The molecular formula is C111H113F4N23O11S. The van der Waals surface area contributed by atoms with E-state index in [0.717, 1.165) is 82.9 Å². The third-order valence-electron chi connectivity index (χ3n) is 29.2. The first kappa shape index (κ1) is 103. The number of aromatic nitrogens is 15. The lowest BCUT2D eigenvalue weighted by molar-refractivity contribution is -0.140. The first-order valence-corrected chi connectivity index (χ1v) is 50.3. The van der Waals surface area contributed by atoms with Crippen LogP contribution in [0.25, 0.3) is 111 Å². The minimum atomic E-state index is -2.72. The third-order valence-corrected chi connectivity index (χ3v) is 30.2. The normalized spacial score (nSPS) is 18.9. The molecule has 772 valence electrons. The number of anilines is 2. The van der Waals surface area contributed by atoms with E-state index in [4.69, 9.17) is 18.9 Å². The van der Waals surface area contributed by atoms with E-state index >= 15 is 4.39 Å². The number of aromatic amines is 3. The van der Waals surface area contributed by atoms with Gasteiger partial charge >= 0.3 is 0 Å². The van der Waals surface area contributed by atoms with Crippen molar-refractivity contribution >= 4 is 102 Å². The van der Waals surface area contributed by atoms with Crippen molar-refractivity contribution < 1.29 is 70.4 Å². The number of ether oxygens (including phenoxy) is 4. The minimum absolute atomic E-state index is 0. The monoisotopic (exact) mass is 2050 g/mol. The molecule has 34 nitrogen and oxygen atoms in total. The van der Waals surface area contributed by atoms with Crippen LogP contribution in [0, 0.1) is 5.82 Å². The molecular weight excluding hydrogens is 1940 g/mol. The van der Waals surface area contributed by atoms with E-state index in [2.05, 4.69) is 110 Å². The van der Waals surface area contributed by atoms with Gasteiger partial charge in [-0.3, -0.25) is 68.7 Å². The van der Waals surface area contributed by atoms with E-state index in [1.165, 1.54) is 43.9 Å². The number of ketones is 1. The van der Waals surface area contributed by atoms with Crippen LogP contribution in [0.5, 0.6) is 5.75 Å². The molecule has 1 aliphatic carbocycles. The maximum absolute atomic E-state index is 16.0. The van der Waals surface area contributed by atoms with Crippen LogP contribution in [-0.2, 0) is 61.7 Å². The molecule has 39 heteroatoms. The van der Waals surface area contributed by atoms with Gasteiger partial charge in [-0.1, -0.05) is 56.0 Å². The molecule has 0 spiro atoms. The standard InChI is InChI=1S/C39H40N8O4.C36H35F3N8O3.C35H34FN7O4S.CH4/c1-50-34-21-27(6-8-30(34)37-41-14-3-15-42-37)25-11-17-47(18-12-25)35(48)23-46-19-13-39(24-46,51-2)38(49)43-29-7-9-32-31(22-29)36(45-44-32)28-10-16-40-33(20-28)26-4-5-26;1-50-36(34(49)43-26-7-8-28-27(20-26)31(45-44-28)24-9-15-40-29(19-24)32(37)38)12-16-46(22-36)21-30(48)47-17-10-35(39,11-18-47)25-5-3-23(4-6-25)33-41-13-2-14-42-33;1-47-35(30(45)16-22-3-6-28-26(15-22)32(41-40-28)24-4-5-27(36)25(17-24)20-44)9-14-42(21-35)19-31(46)43-12-7-23(8-13-43)34-39-18-29(48-34)33-37-10-2-11-38-33;/h3,6-11,14-16,20-22,26H,4-5,12-13,17-19,23-24H2,1-2H3,(H,43,49)(H,44,45);2-9,13-15,19-20,32H,10-12,16-18,21-22H2,1H3,(H,43,49)(H,44,45);2-7,10-11,15,17-18,44H,8-9,12-14,16,19-21H2,1H3,(H,40,41);1H4/t39-;36-;35-;/m000./s1. The number of hydrogen-bond donors (Lipinski definition) is 6. The number of thiazole rings is 1. The number of carbonyl (C=O) groups is 6. The van der Waals surface area contributed by atoms with Gasteiger partial charge in [0.1, 0.15) is 44.9 Å². The maximum atomic E-state index is 16.0. The number of halogens is 4. The molecule has 0 bridgehead atoms. The number of alkyl halides is 3. The van der Waals surface area contributed by atoms with E-state index < -0.39 is 41.3 Å². The molecule has 6 aliphatic heterocycles. The highest BCUT2D eigenvalue weighted by Crippen LogP contribution is 2.44. The predicted molar refractivity (Wildman–Crippen MR) is 560 cm³/mol. The zero-order chi connectivity index (χ0) is 103. The zero-order valence-corrected chi connectivity index (χ0v) is 83.2. The number of aliphatic hydroxyl groups is 1. The van der Waals surface area contributed by atoms with Gasteiger partial charge in [-0.25, -0.2) is 52.4 Å². The van der Waals surface area contributed by atoms with Gasteiger partial charge in [0.2, 0.25) is 17.7 Å². The number of methoxy groups -OCH3 is 4. The molecule has 15 aromatic rings. The Kier molecular flexibility index (Phi) is 30.9. The second-order valence-corrected chi connectivity index (χ2v) is 39.3. The van der Waals surface area contributed by atoms with Crippen molar-refractivity contribution in [2.24, 2.45) is 0 Å². The highest BCUT2D eigenvalue weighted by atomic mass is 32.1. The van der Waals surface area contributed by atoms with Crippen molar-refractivity contribution in [3.63, 3.8) is 0 Å². The van der Waals surface area contributed by atoms with Gasteiger partial charge < -0.3 is 49.4 Å². The lowest BCUT2D eigenvalue weighted by Crippen LogP contribution is -2.49. The molecule has 6 aromatic carbocycles. The summed E-state index contributed by atoms with van der Waals surface area (Å²) < 4.78 is 79.8. The van der Waals surface area contributed by atoms with E-state index in [-0.39, 0.29) is 113 Å². The van der Waals surface area contributed by atoms with Crippen LogP contribution in [0.3, 0.4) is 0 Å². The second kappa shape index (κ2) is 45.0. The number of piperidine rings is 1. The molecule has 4 saturated heterocycles. The first-order chi connectivity index (χ1) is 72.4. The van der Waals surface area contributed by atoms with E-state index in [9.17, 15) is 47.0 Å². The van der Waals surface area contributed by atoms with E-state index in [1.54, 1.807) is 148 Å². The summed E-state index contributed by atoms with van der Waals surface area (Å²) in [7, 11) is 6.23. The summed E-state index contributed by atoms with van der Waals surface area (Å²) in [6.45, 7) is 5.38. The Morgan fingerprint density at radius 3 is 1.51 bits per heavy atom. The number of hydrogen-bond acceptors (Lipinski definition) is 27. The largest absolute Gasteiger partial charge is 0.496 e. The predicted octanol–water partition coefficient (Wildman–Crippen LogP) is 15.8. The Morgan fingerprint density at radius 2 is 0.980 bits per heavy atom. The molecule has 0 unspecified atom stereocenters. The van der Waals surface area contributed by atoms with Gasteiger partial charge in [0.25, 0.3) is 18.2 Å². The number of nitrogens with zero attached hydrogens (tertiary/aromatic N) is 18. The number of rotatable bonds is 29. The molecule has 9 aromatic heterocycles. The number of pyridine rings is 2. The van der Waals surface area contributed by atoms with Crippen LogP contribution >= 0.6 is 11.3 Å². The third kappa shape index (κ3) is 22.4. The molecule has 0 radical (unpaired) electrons. The lowest BCUT2D eigenvalue weighted by Gasteiger charge is -2.37. The average Bonchev–Trinajstić information content (AvgIpc) is 1.62. The Labute approximate surface area is 865 Å². The summed E-state index contributed by atoms with van der Waals surface area (Å²) in [5.41, 5.74) is 9.93. The zero-order valence-electron chi connectivity index (χ0n) is 82.4. The molecule has 6 N–H and O–H groups in total. The highest BCUT2D eigenvalue weighted by Gasteiger charge is 2.50. The Balaban J connectivity index is 0.000000141. The number of likely N-dealkylation sites (tertiary alicyclic amines) is 4.